The molecule has 1 aromatic carbocycles. The van der Waals surface area contributed by atoms with Crippen LogP contribution in [0.25, 0.3) is 0 Å². The molecule has 1 N–H and O–H groups in total. The molecule has 0 radical (unpaired) electrons. The fourth-order valence-corrected chi connectivity index (χ4v) is 3.87. The van der Waals surface area contributed by atoms with Crippen molar-refractivity contribution < 1.29 is 9.59 Å². The van der Waals surface area contributed by atoms with Gasteiger partial charge in [-0.1, -0.05) is 19.3 Å². The molecule has 1 aromatic rings. The van der Waals surface area contributed by atoms with Gasteiger partial charge in [-0.15, -0.1) is 11.8 Å². The number of carbonyl (C=O) groups is 2. The van der Waals surface area contributed by atoms with E-state index in [1.807, 2.05) is 30.5 Å². The lowest BCUT2D eigenvalue weighted by Crippen LogP contribution is -2.40. The van der Waals surface area contributed by atoms with Crippen LogP contribution < -0.4 is 10.2 Å². The minimum atomic E-state index is -0.218. The number of carbonyl (C=O) groups excluding carboxylic acids is 2. The molecule has 1 aliphatic carbocycles. The number of hydrogen-bond acceptors (Lipinski definition) is 3. The third-order valence-electron chi connectivity index (χ3n) is 4.83. The topological polar surface area (TPSA) is 49.4 Å². The molecule has 0 bridgehead atoms. The molecular formula is C18H24N2O2S. The number of nitrogens with one attached hydrogen (secondary N) is 1. The molecule has 2 aliphatic rings. The summed E-state index contributed by atoms with van der Waals surface area (Å²) in [6, 6.07) is 8.27. The zero-order chi connectivity index (χ0) is 16.2. The summed E-state index contributed by atoms with van der Waals surface area (Å²) in [6.07, 6.45) is 8.17. The first-order chi connectivity index (χ1) is 11.2. The van der Waals surface area contributed by atoms with Crippen molar-refractivity contribution in [2.45, 2.75) is 49.5 Å². The van der Waals surface area contributed by atoms with Gasteiger partial charge in [-0.25, -0.2) is 0 Å². The van der Waals surface area contributed by atoms with Crippen LogP contribution >= 0.6 is 11.8 Å². The third kappa shape index (κ3) is 3.89. The molecule has 2 fully saturated rings. The standard InChI is InChI=1S/C18H24N2O2S/c1-23-16-9-7-15(8-10-16)20-12-13(11-17(20)21)18(22)19-14-5-3-2-4-6-14/h7-10,13-14H,2-6,11-12H2,1H3,(H,19,22). The van der Waals surface area contributed by atoms with Crippen LogP contribution in [0.2, 0.25) is 0 Å². The zero-order valence-corrected chi connectivity index (χ0v) is 14.4. The maximum atomic E-state index is 12.4. The van der Waals surface area contributed by atoms with Gasteiger partial charge in [0, 0.05) is 29.6 Å². The predicted molar refractivity (Wildman–Crippen MR) is 93.7 cm³/mol. The van der Waals surface area contributed by atoms with E-state index in [1.165, 1.54) is 24.2 Å². The number of benzene rings is 1. The summed E-state index contributed by atoms with van der Waals surface area (Å²) >= 11 is 1.68. The highest BCUT2D eigenvalue weighted by Gasteiger charge is 2.35. The van der Waals surface area contributed by atoms with Crippen LogP contribution in [0.15, 0.2) is 29.2 Å². The van der Waals surface area contributed by atoms with Gasteiger partial charge in [-0.3, -0.25) is 9.59 Å². The van der Waals surface area contributed by atoms with Crippen LogP contribution in [0.5, 0.6) is 0 Å². The summed E-state index contributed by atoms with van der Waals surface area (Å²) < 4.78 is 0. The van der Waals surface area contributed by atoms with Crippen molar-refractivity contribution in [1.82, 2.24) is 5.32 Å². The number of rotatable bonds is 4. The minimum absolute atomic E-state index is 0.0469. The molecule has 3 rings (SSSR count). The minimum Gasteiger partial charge on any atom is -0.353 e. The lowest BCUT2D eigenvalue weighted by atomic mass is 9.95. The largest absolute Gasteiger partial charge is 0.353 e. The Morgan fingerprint density at radius 2 is 1.87 bits per heavy atom. The van der Waals surface area contributed by atoms with E-state index < -0.39 is 0 Å². The van der Waals surface area contributed by atoms with E-state index in [-0.39, 0.29) is 17.7 Å². The van der Waals surface area contributed by atoms with Gasteiger partial charge in [0.2, 0.25) is 11.8 Å². The van der Waals surface area contributed by atoms with Crippen molar-refractivity contribution in [3.05, 3.63) is 24.3 Å². The molecule has 1 saturated carbocycles. The summed E-state index contributed by atoms with van der Waals surface area (Å²) in [7, 11) is 0. The van der Waals surface area contributed by atoms with Crippen molar-refractivity contribution in [2.24, 2.45) is 5.92 Å². The van der Waals surface area contributed by atoms with Crippen LogP contribution in [-0.2, 0) is 9.59 Å². The molecule has 5 heteroatoms. The molecule has 1 aliphatic heterocycles. The van der Waals surface area contributed by atoms with Gasteiger partial charge in [-0.05, 0) is 43.4 Å². The lowest BCUT2D eigenvalue weighted by Gasteiger charge is -2.24. The maximum Gasteiger partial charge on any atom is 0.227 e. The van der Waals surface area contributed by atoms with Crippen molar-refractivity contribution in [1.29, 1.82) is 0 Å². The van der Waals surface area contributed by atoms with E-state index >= 15 is 0 Å². The molecular weight excluding hydrogens is 308 g/mol. The molecule has 4 nitrogen and oxygen atoms in total. The quantitative estimate of drug-likeness (QED) is 0.861. The SMILES string of the molecule is CSc1ccc(N2CC(C(=O)NC3CCCCC3)CC2=O)cc1. The average Bonchev–Trinajstić information content (AvgIpc) is 2.98. The number of amides is 2. The fourth-order valence-electron chi connectivity index (χ4n) is 3.46. The Balaban J connectivity index is 1.60. The highest BCUT2D eigenvalue weighted by atomic mass is 32.2. The Morgan fingerprint density at radius 1 is 1.17 bits per heavy atom. The van der Waals surface area contributed by atoms with Crippen LogP contribution in [0.1, 0.15) is 38.5 Å². The van der Waals surface area contributed by atoms with Crippen LogP contribution in [0.4, 0.5) is 5.69 Å². The summed E-state index contributed by atoms with van der Waals surface area (Å²) in [4.78, 5) is 27.6. The van der Waals surface area contributed by atoms with Crippen molar-refractivity contribution in [3.8, 4) is 0 Å². The number of thioether (sulfide) groups is 1. The summed E-state index contributed by atoms with van der Waals surface area (Å²) in [5.41, 5.74) is 0.890. The number of anilines is 1. The summed E-state index contributed by atoms with van der Waals surface area (Å²) in [6.45, 7) is 0.496. The maximum absolute atomic E-state index is 12.4. The molecule has 1 saturated heterocycles. The number of hydrogen-bond donors (Lipinski definition) is 1. The predicted octanol–water partition coefficient (Wildman–Crippen LogP) is 3.21. The molecule has 1 unspecified atom stereocenters. The van der Waals surface area contributed by atoms with Crippen molar-refractivity contribution in [2.75, 3.05) is 17.7 Å². The molecule has 1 atom stereocenters. The van der Waals surface area contributed by atoms with E-state index in [2.05, 4.69) is 5.32 Å². The molecule has 0 aromatic heterocycles. The van der Waals surface area contributed by atoms with Crippen molar-refractivity contribution in [3.63, 3.8) is 0 Å². The van der Waals surface area contributed by atoms with Crippen LogP contribution in [0, 0.1) is 5.92 Å². The van der Waals surface area contributed by atoms with E-state index in [4.69, 9.17) is 0 Å². The van der Waals surface area contributed by atoms with Gasteiger partial charge in [0.25, 0.3) is 0 Å². The highest BCUT2D eigenvalue weighted by molar-refractivity contribution is 7.98. The van der Waals surface area contributed by atoms with Crippen LogP contribution in [0.3, 0.4) is 0 Å². The normalized spacial score (nSPS) is 22.4. The fraction of sp³-hybridized carbons (Fsp3) is 0.556. The smallest absolute Gasteiger partial charge is 0.227 e. The molecule has 2 amide bonds. The van der Waals surface area contributed by atoms with E-state index in [0.717, 1.165) is 18.5 Å². The Labute approximate surface area is 142 Å². The molecule has 23 heavy (non-hydrogen) atoms. The van der Waals surface area contributed by atoms with Gasteiger partial charge in [-0.2, -0.15) is 0 Å². The molecule has 124 valence electrons. The second-order valence-electron chi connectivity index (χ2n) is 6.45. The van der Waals surface area contributed by atoms with E-state index in [9.17, 15) is 9.59 Å². The second kappa shape index (κ2) is 7.39. The average molecular weight is 332 g/mol. The van der Waals surface area contributed by atoms with Gasteiger partial charge in [0.15, 0.2) is 0 Å². The van der Waals surface area contributed by atoms with Gasteiger partial charge in [0.1, 0.15) is 0 Å². The lowest BCUT2D eigenvalue weighted by molar-refractivity contribution is -0.127. The van der Waals surface area contributed by atoms with Crippen LogP contribution in [-0.4, -0.2) is 30.7 Å². The Bertz CT molecular complexity index is 567. The first kappa shape index (κ1) is 16.4. The Morgan fingerprint density at radius 3 is 2.52 bits per heavy atom. The highest BCUT2D eigenvalue weighted by Crippen LogP contribution is 2.27. The Kier molecular flexibility index (Phi) is 5.26. The first-order valence-corrected chi connectivity index (χ1v) is 9.64. The summed E-state index contributed by atoms with van der Waals surface area (Å²) in [5.74, 6) is -0.121. The molecule has 1 heterocycles. The van der Waals surface area contributed by atoms with Gasteiger partial charge < -0.3 is 10.2 Å². The number of nitrogens with zero attached hydrogens (tertiary/aromatic N) is 1. The molecule has 0 spiro atoms. The van der Waals surface area contributed by atoms with Gasteiger partial charge in [0.05, 0.1) is 5.92 Å². The first-order valence-electron chi connectivity index (χ1n) is 8.42. The van der Waals surface area contributed by atoms with Crippen molar-refractivity contribution >= 4 is 29.3 Å². The van der Waals surface area contributed by atoms with E-state index in [0.29, 0.717) is 19.0 Å². The van der Waals surface area contributed by atoms with E-state index in [1.54, 1.807) is 16.7 Å². The zero-order valence-electron chi connectivity index (χ0n) is 13.6. The third-order valence-corrected chi connectivity index (χ3v) is 5.58. The monoisotopic (exact) mass is 332 g/mol. The Hall–Kier alpha value is -1.49. The van der Waals surface area contributed by atoms with Gasteiger partial charge >= 0.3 is 0 Å². The second-order valence-corrected chi connectivity index (χ2v) is 7.33. The summed E-state index contributed by atoms with van der Waals surface area (Å²) in [5, 5.41) is 3.15.